The number of hydrogen-bond acceptors (Lipinski definition) is 5. The van der Waals surface area contributed by atoms with Crippen molar-refractivity contribution in [2.75, 3.05) is 6.54 Å². The first-order valence-corrected chi connectivity index (χ1v) is 8.09. The maximum Gasteiger partial charge on any atom is 0.201 e. The van der Waals surface area contributed by atoms with Crippen LogP contribution in [0.25, 0.3) is 22.3 Å². The molecule has 2 aromatic carbocycles. The molecule has 0 atom stereocenters. The van der Waals surface area contributed by atoms with Crippen LogP contribution in [0.3, 0.4) is 0 Å². The van der Waals surface area contributed by atoms with Gasteiger partial charge in [0.1, 0.15) is 5.76 Å². The number of aryl methyl sites for hydroxylation is 1. The topological polar surface area (TPSA) is 135 Å². The van der Waals surface area contributed by atoms with Gasteiger partial charge < -0.3 is 26.1 Å². The fourth-order valence-electron chi connectivity index (χ4n) is 2.66. The van der Waals surface area contributed by atoms with E-state index < -0.39 is 5.75 Å². The van der Waals surface area contributed by atoms with Crippen LogP contribution >= 0.6 is 12.4 Å². The average Bonchev–Trinajstić information content (AvgIpc) is 2.62. The first-order chi connectivity index (χ1) is 12.5. The van der Waals surface area contributed by atoms with E-state index in [4.69, 9.17) is 15.9 Å². The molecule has 6 N–H and O–H groups in total. The van der Waals surface area contributed by atoms with Crippen molar-refractivity contribution in [2.24, 2.45) is 16.5 Å². The molecule has 3 aromatic rings. The van der Waals surface area contributed by atoms with Crippen molar-refractivity contribution in [1.82, 2.24) is 0 Å². The summed E-state index contributed by atoms with van der Waals surface area (Å²) in [4.78, 5) is 16.2. The number of aromatic hydroxyl groups is 2. The van der Waals surface area contributed by atoms with Crippen LogP contribution in [0, 0.1) is 0 Å². The lowest BCUT2D eigenvalue weighted by atomic mass is 10.1. The Labute approximate surface area is 161 Å². The maximum absolute atomic E-state index is 12.2. The van der Waals surface area contributed by atoms with E-state index in [1.807, 2.05) is 24.3 Å². The summed E-state index contributed by atoms with van der Waals surface area (Å²) in [7, 11) is 0. The van der Waals surface area contributed by atoms with Crippen LogP contribution in [0.1, 0.15) is 12.0 Å². The van der Waals surface area contributed by atoms with Crippen molar-refractivity contribution in [3.63, 3.8) is 0 Å². The minimum atomic E-state index is -0.446. The van der Waals surface area contributed by atoms with Crippen LogP contribution < -0.4 is 16.9 Å². The number of aliphatic imine (C=N–C) groups is 1. The van der Waals surface area contributed by atoms with Crippen molar-refractivity contribution < 1.29 is 14.6 Å². The lowest BCUT2D eigenvalue weighted by molar-refractivity contribution is 0.400. The number of hydrogen-bond donors (Lipinski definition) is 4. The Morgan fingerprint density at radius 3 is 2.44 bits per heavy atom. The number of halogens is 1. The number of nitrogens with zero attached hydrogens (tertiary/aromatic N) is 1. The number of nitrogens with two attached hydrogens (primary N) is 2. The van der Waals surface area contributed by atoms with Crippen LogP contribution in [-0.4, -0.2) is 22.7 Å². The van der Waals surface area contributed by atoms with Gasteiger partial charge in [0.2, 0.25) is 5.75 Å². The molecule has 0 saturated heterocycles. The van der Waals surface area contributed by atoms with Gasteiger partial charge in [-0.25, -0.2) is 0 Å². The summed E-state index contributed by atoms with van der Waals surface area (Å²) >= 11 is 0. The monoisotopic (exact) mass is 389 g/mol. The quantitative estimate of drug-likeness (QED) is 0.229. The van der Waals surface area contributed by atoms with E-state index in [0.717, 1.165) is 18.4 Å². The van der Waals surface area contributed by atoms with E-state index in [-0.39, 0.29) is 40.5 Å². The predicted molar refractivity (Wildman–Crippen MR) is 107 cm³/mol. The van der Waals surface area contributed by atoms with E-state index in [1.165, 1.54) is 18.2 Å². The van der Waals surface area contributed by atoms with Gasteiger partial charge in [-0.15, -0.1) is 12.4 Å². The van der Waals surface area contributed by atoms with Gasteiger partial charge in [0.05, 0.1) is 5.39 Å². The Bertz CT molecular complexity index is 1030. The molecule has 142 valence electrons. The molecule has 3 rings (SSSR count). The van der Waals surface area contributed by atoms with Gasteiger partial charge in [-0.3, -0.25) is 9.79 Å². The highest BCUT2D eigenvalue weighted by Crippen LogP contribution is 2.34. The van der Waals surface area contributed by atoms with Gasteiger partial charge in [-0.1, -0.05) is 24.3 Å². The van der Waals surface area contributed by atoms with Gasteiger partial charge in [-0.2, -0.15) is 0 Å². The summed E-state index contributed by atoms with van der Waals surface area (Å²) in [5, 5.41) is 19.8. The summed E-state index contributed by atoms with van der Waals surface area (Å²) in [6.07, 6.45) is 1.63. The number of phenolic OH excluding ortho intramolecular Hbond substituents is 2. The molecule has 0 fully saturated rings. The van der Waals surface area contributed by atoms with Crippen LogP contribution in [0.5, 0.6) is 11.5 Å². The molecule has 0 aliphatic heterocycles. The normalized spacial score (nSPS) is 10.4. The second-order valence-corrected chi connectivity index (χ2v) is 5.89. The summed E-state index contributed by atoms with van der Waals surface area (Å²) in [6.45, 7) is 0.562. The Hall–Kier alpha value is -3.19. The van der Waals surface area contributed by atoms with Crippen LogP contribution in [0.15, 0.2) is 56.7 Å². The molecule has 27 heavy (non-hydrogen) atoms. The fourth-order valence-corrected chi connectivity index (χ4v) is 2.66. The van der Waals surface area contributed by atoms with E-state index in [0.29, 0.717) is 17.9 Å². The number of benzene rings is 2. The standard InChI is InChI=1S/C19H19N3O4.ClH/c20-19(21)22-9-1-2-11-3-5-12(6-4-11)16-10-15(24)13-7-8-14(23)17(25)18(13)26-16;/h3-8,10,23,25H,1-2,9H2,(H4,20,21,22);1H. The van der Waals surface area contributed by atoms with E-state index >= 15 is 0 Å². The minimum Gasteiger partial charge on any atom is -0.504 e. The maximum atomic E-state index is 12.2. The van der Waals surface area contributed by atoms with E-state index in [1.54, 1.807) is 0 Å². The second kappa shape index (κ2) is 8.46. The summed E-state index contributed by atoms with van der Waals surface area (Å²) in [5.41, 5.74) is 12.0. The van der Waals surface area contributed by atoms with Gasteiger partial charge in [-0.05, 0) is 30.5 Å². The third kappa shape index (κ3) is 4.51. The molecule has 0 aliphatic carbocycles. The lowest BCUT2D eigenvalue weighted by Gasteiger charge is -2.07. The Morgan fingerprint density at radius 2 is 1.78 bits per heavy atom. The molecule has 0 radical (unpaired) electrons. The Balaban J connectivity index is 0.00000261. The SMILES string of the molecule is Cl.NC(N)=NCCCc1ccc(-c2cc(=O)c3ccc(O)c(O)c3o2)cc1. The number of fused-ring (bicyclic) bond motifs is 1. The zero-order valence-corrected chi connectivity index (χ0v) is 15.2. The van der Waals surface area contributed by atoms with Crippen molar-refractivity contribution >= 4 is 29.3 Å². The van der Waals surface area contributed by atoms with E-state index in [2.05, 4.69) is 4.99 Å². The zero-order valence-electron chi connectivity index (χ0n) is 14.4. The molecular weight excluding hydrogens is 370 g/mol. The molecule has 0 saturated carbocycles. The van der Waals surface area contributed by atoms with Gasteiger partial charge in [0, 0.05) is 18.2 Å². The Morgan fingerprint density at radius 1 is 1.07 bits per heavy atom. The largest absolute Gasteiger partial charge is 0.504 e. The summed E-state index contributed by atoms with van der Waals surface area (Å²) < 4.78 is 5.65. The Kier molecular flexibility index (Phi) is 6.31. The molecule has 8 heteroatoms. The van der Waals surface area contributed by atoms with Crippen molar-refractivity contribution in [2.45, 2.75) is 12.8 Å². The van der Waals surface area contributed by atoms with Gasteiger partial charge >= 0.3 is 0 Å². The van der Waals surface area contributed by atoms with Gasteiger partial charge in [0.25, 0.3) is 0 Å². The first-order valence-electron chi connectivity index (χ1n) is 8.09. The minimum absolute atomic E-state index is 0. The molecular formula is C19H20ClN3O4. The van der Waals surface area contributed by atoms with Crippen molar-refractivity contribution in [3.8, 4) is 22.8 Å². The summed E-state index contributed by atoms with van der Waals surface area (Å²) in [6, 6.07) is 11.6. The lowest BCUT2D eigenvalue weighted by Crippen LogP contribution is -2.23. The molecule has 1 heterocycles. The predicted octanol–water partition coefficient (Wildman–Crippen LogP) is 2.50. The van der Waals surface area contributed by atoms with Gasteiger partial charge in [0.15, 0.2) is 22.7 Å². The van der Waals surface area contributed by atoms with Crippen LogP contribution in [-0.2, 0) is 6.42 Å². The van der Waals surface area contributed by atoms with Crippen LogP contribution in [0.4, 0.5) is 0 Å². The molecule has 0 spiro atoms. The highest BCUT2D eigenvalue weighted by atomic mass is 35.5. The van der Waals surface area contributed by atoms with Crippen molar-refractivity contribution in [3.05, 3.63) is 58.3 Å². The third-order valence-corrected chi connectivity index (χ3v) is 4.01. The second-order valence-electron chi connectivity index (χ2n) is 5.89. The van der Waals surface area contributed by atoms with Crippen molar-refractivity contribution in [1.29, 1.82) is 0 Å². The summed E-state index contributed by atoms with van der Waals surface area (Å²) in [5.74, 6) is -0.386. The highest BCUT2D eigenvalue weighted by molar-refractivity contribution is 5.86. The highest BCUT2D eigenvalue weighted by Gasteiger charge is 2.13. The number of guanidine groups is 1. The zero-order chi connectivity index (χ0) is 18.7. The van der Waals surface area contributed by atoms with Crippen LogP contribution in [0.2, 0.25) is 0 Å². The average molecular weight is 390 g/mol. The number of phenols is 2. The smallest absolute Gasteiger partial charge is 0.201 e. The molecule has 0 unspecified atom stereocenters. The van der Waals surface area contributed by atoms with E-state index in [9.17, 15) is 15.0 Å². The first kappa shape index (κ1) is 20.1. The molecule has 7 nitrogen and oxygen atoms in total. The molecule has 0 aliphatic rings. The fraction of sp³-hybridized carbons (Fsp3) is 0.158. The molecule has 0 amide bonds. The number of rotatable bonds is 5. The molecule has 0 bridgehead atoms. The third-order valence-electron chi connectivity index (χ3n) is 4.01. The molecule has 1 aromatic heterocycles.